The van der Waals surface area contributed by atoms with Crippen molar-refractivity contribution < 1.29 is 0 Å². The van der Waals surface area contributed by atoms with E-state index < -0.39 is 0 Å². The zero-order valence-electron chi connectivity index (χ0n) is 9.34. The number of halogens is 4. The van der Waals surface area contributed by atoms with E-state index in [2.05, 4.69) is 0 Å². The van der Waals surface area contributed by atoms with Crippen LogP contribution in [0.3, 0.4) is 0 Å². The molecule has 0 bridgehead atoms. The zero-order chi connectivity index (χ0) is 13.1. The zero-order valence-corrected chi connectivity index (χ0v) is 12.4. The standard InChI is InChI=1S/C14H10Cl4/c15-10-4-1-3-9(7-10)8-13(18)14-11(16)5-2-6-12(14)17/h1-7,13H,8H2. The minimum atomic E-state index is -0.273. The smallest absolute Gasteiger partial charge is 0.0654 e. The van der Waals surface area contributed by atoms with Crippen molar-refractivity contribution in [1.82, 2.24) is 0 Å². The van der Waals surface area contributed by atoms with Crippen LogP contribution in [0.5, 0.6) is 0 Å². The molecule has 0 saturated carbocycles. The fourth-order valence-electron chi connectivity index (χ4n) is 1.78. The summed E-state index contributed by atoms with van der Waals surface area (Å²) in [4.78, 5) is 0. The molecule has 0 nitrogen and oxygen atoms in total. The Morgan fingerprint density at radius 1 is 0.889 bits per heavy atom. The maximum atomic E-state index is 6.39. The molecular weight excluding hydrogens is 310 g/mol. The van der Waals surface area contributed by atoms with Crippen molar-refractivity contribution in [3.05, 3.63) is 68.7 Å². The molecule has 0 N–H and O–H groups in total. The molecule has 0 radical (unpaired) electrons. The lowest BCUT2D eigenvalue weighted by Gasteiger charge is -2.13. The second-order valence-electron chi connectivity index (χ2n) is 3.94. The molecule has 0 aliphatic carbocycles. The lowest BCUT2D eigenvalue weighted by molar-refractivity contribution is 0.920. The second-order valence-corrected chi connectivity index (χ2v) is 5.71. The molecule has 1 atom stereocenters. The van der Waals surface area contributed by atoms with Gasteiger partial charge in [-0.25, -0.2) is 0 Å². The van der Waals surface area contributed by atoms with Gasteiger partial charge in [-0.2, -0.15) is 0 Å². The van der Waals surface area contributed by atoms with E-state index in [0.29, 0.717) is 21.5 Å². The maximum Gasteiger partial charge on any atom is 0.0654 e. The van der Waals surface area contributed by atoms with Gasteiger partial charge in [0.25, 0.3) is 0 Å². The van der Waals surface area contributed by atoms with Gasteiger partial charge >= 0.3 is 0 Å². The van der Waals surface area contributed by atoms with Crippen molar-refractivity contribution in [2.75, 3.05) is 0 Å². The minimum absolute atomic E-state index is 0.273. The summed E-state index contributed by atoms with van der Waals surface area (Å²) < 4.78 is 0. The fraction of sp³-hybridized carbons (Fsp3) is 0.143. The van der Waals surface area contributed by atoms with E-state index in [4.69, 9.17) is 46.4 Å². The molecular formula is C14H10Cl4. The minimum Gasteiger partial charge on any atom is -0.117 e. The van der Waals surface area contributed by atoms with Crippen molar-refractivity contribution in [3.63, 3.8) is 0 Å². The summed E-state index contributed by atoms with van der Waals surface area (Å²) in [6.45, 7) is 0. The normalized spacial score (nSPS) is 12.4. The van der Waals surface area contributed by atoms with Gasteiger partial charge in [0.15, 0.2) is 0 Å². The van der Waals surface area contributed by atoms with Gasteiger partial charge in [-0.3, -0.25) is 0 Å². The summed E-state index contributed by atoms with van der Waals surface area (Å²) >= 11 is 24.6. The van der Waals surface area contributed by atoms with Crippen LogP contribution in [0.2, 0.25) is 15.1 Å². The predicted molar refractivity (Wildman–Crippen MR) is 80.2 cm³/mol. The Balaban J connectivity index is 2.25. The lowest BCUT2D eigenvalue weighted by atomic mass is 10.0. The Labute approximate surface area is 126 Å². The molecule has 0 fully saturated rings. The molecule has 0 aliphatic heterocycles. The van der Waals surface area contributed by atoms with Crippen molar-refractivity contribution >= 4 is 46.4 Å². The Morgan fingerprint density at radius 2 is 1.50 bits per heavy atom. The first-order valence-electron chi connectivity index (χ1n) is 5.40. The summed E-state index contributed by atoms with van der Waals surface area (Å²) in [6, 6.07) is 13.0. The van der Waals surface area contributed by atoms with Crippen LogP contribution in [0.15, 0.2) is 42.5 Å². The van der Waals surface area contributed by atoms with E-state index in [0.717, 1.165) is 11.1 Å². The number of hydrogen-bond donors (Lipinski definition) is 0. The van der Waals surface area contributed by atoms with Crippen LogP contribution in [-0.4, -0.2) is 0 Å². The molecule has 0 aromatic heterocycles. The van der Waals surface area contributed by atoms with Gasteiger partial charge in [0.1, 0.15) is 0 Å². The van der Waals surface area contributed by atoms with Crippen LogP contribution >= 0.6 is 46.4 Å². The van der Waals surface area contributed by atoms with Crippen LogP contribution in [0.1, 0.15) is 16.5 Å². The van der Waals surface area contributed by atoms with Gasteiger partial charge in [0.2, 0.25) is 0 Å². The van der Waals surface area contributed by atoms with Crippen LogP contribution < -0.4 is 0 Å². The molecule has 0 aliphatic rings. The molecule has 94 valence electrons. The third kappa shape index (κ3) is 3.33. The lowest BCUT2D eigenvalue weighted by Crippen LogP contribution is -1.98. The van der Waals surface area contributed by atoms with Crippen LogP contribution in [0, 0.1) is 0 Å². The van der Waals surface area contributed by atoms with E-state index in [1.54, 1.807) is 18.2 Å². The third-order valence-corrected chi connectivity index (χ3v) is 3.88. The number of benzene rings is 2. The van der Waals surface area contributed by atoms with Crippen molar-refractivity contribution in [1.29, 1.82) is 0 Å². The number of rotatable bonds is 3. The summed E-state index contributed by atoms with van der Waals surface area (Å²) in [6.07, 6.45) is 0.631. The van der Waals surface area contributed by atoms with Crippen molar-refractivity contribution in [2.24, 2.45) is 0 Å². The average molecular weight is 320 g/mol. The first kappa shape index (κ1) is 14.0. The molecule has 2 rings (SSSR count). The van der Waals surface area contributed by atoms with Gasteiger partial charge < -0.3 is 0 Å². The van der Waals surface area contributed by atoms with E-state index in [1.165, 1.54) is 0 Å². The third-order valence-electron chi connectivity index (χ3n) is 2.62. The quantitative estimate of drug-likeness (QED) is 0.593. The molecule has 0 saturated heterocycles. The summed E-state index contributed by atoms with van der Waals surface area (Å²) in [5, 5.41) is 1.60. The highest BCUT2D eigenvalue weighted by Gasteiger charge is 2.16. The Bertz CT molecular complexity index is 531. The molecule has 4 heteroatoms. The topological polar surface area (TPSA) is 0 Å². The van der Waals surface area contributed by atoms with Gasteiger partial charge in [0, 0.05) is 20.6 Å². The highest BCUT2D eigenvalue weighted by molar-refractivity contribution is 6.37. The van der Waals surface area contributed by atoms with Gasteiger partial charge in [-0.1, -0.05) is 53.0 Å². The second kappa shape index (κ2) is 6.16. The maximum absolute atomic E-state index is 6.39. The van der Waals surface area contributed by atoms with E-state index in [1.807, 2.05) is 24.3 Å². The Morgan fingerprint density at radius 3 is 2.11 bits per heavy atom. The summed E-state index contributed by atoms with van der Waals surface area (Å²) in [5.74, 6) is 0. The highest BCUT2D eigenvalue weighted by atomic mass is 35.5. The molecule has 2 aromatic rings. The van der Waals surface area contributed by atoms with E-state index in [-0.39, 0.29) is 5.38 Å². The molecule has 18 heavy (non-hydrogen) atoms. The molecule has 1 unspecified atom stereocenters. The van der Waals surface area contributed by atoms with E-state index in [9.17, 15) is 0 Å². The monoisotopic (exact) mass is 318 g/mol. The van der Waals surface area contributed by atoms with Crippen LogP contribution in [0.4, 0.5) is 0 Å². The highest BCUT2D eigenvalue weighted by Crippen LogP contribution is 2.36. The fourth-order valence-corrected chi connectivity index (χ4v) is 3.18. The van der Waals surface area contributed by atoms with Crippen molar-refractivity contribution in [2.45, 2.75) is 11.8 Å². The predicted octanol–water partition coefficient (Wildman–Crippen LogP) is 6.17. The Kier molecular flexibility index (Phi) is 4.80. The summed E-state index contributed by atoms with van der Waals surface area (Å²) in [5.41, 5.74) is 1.82. The number of alkyl halides is 1. The molecule has 2 aromatic carbocycles. The first-order chi connectivity index (χ1) is 8.58. The van der Waals surface area contributed by atoms with E-state index >= 15 is 0 Å². The van der Waals surface area contributed by atoms with Crippen LogP contribution in [-0.2, 0) is 6.42 Å². The SMILES string of the molecule is Clc1cccc(CC(Cl)c2c(Cl)cccc2Cl)c1. The largest absolute Gasteiger partial charge is 0.117 e. The van der Waals surface area contributed by atoms with Gasteiger partial charge in [-0.05, 0) is 36.2 Å². The number of hydrogen-bond acceptors (Lipinski definition) is 0. The molecule has 0 spiro atoms. The van der Waals surface area contributed by atoms with Crippen LogP contribution in [0.25, 0.3) is 0 Å². The van der Waals surface area contributed by atoms with Crippen molar-refractivity contribution in [3.8, 4) is 0 Å². The molecule has 0 amide bonds. The summed E-state index contributed by atoms with van der Waals surface area (Å²) in [7, 11) is 0. The van der Waals surface area contributed by atoms with Gasteiger partial charge in [-0.15, -0.1) is 11.6 Å². The molecule has 0 heterocycles. The van der Waals surface area contributed by atoms with Gasteiger partial charge in [0.05, 0.1) is 5.38 Å². The average Bonchev–Trinajstić information content (AvgIpc) is 2.28. The first-order valence-corrected chi connectivity index (χ1v) is 6.97. The Hall–Kier alpha value is -0.400.